The van der Waals surface area contributed by atoms with E-state index >= 15 is 0 Å². The van der Waals surface area contributed by atoms with Gasteiger partial charge in [0.1, 0.15) is 61.2 Å². The number of fused-ring (bicyclic) bond motifs is 1. The lowest BCUT2D eigenvalue weighted by Gasteiger charge is -2.47. The quantitative estimate of drug-likeness (QED) is 0.0929. The van der Waals surface area contributed by atoms with Crippen LogP contribution in [0.1, 0.15) is 53.4 Å². The number of nitrogens with one attached hydrogen (secondary N) is 3. The number of rotatable bonds is 16. The first kappa shape index (κ1) is 47.5. The van der Waals surface area contributed by atoms with Crippen molar-refractivity contribution in [2.24, 2.45) is 5.92 Å². The maximum Gasteiger partial charge on any atom is 0.327 e. The molecule has 7 N–H and O–H groups in total. The highest BCUT2D eigenvalue weighted by Crippen LogP contribution is 2.32. The van der Waals surface area contributed by atoms with Gasteiger partial charge in [0.25, 0.3) is 5.91 Å². The van der Waals surface area contributed by atoms with Crippen LogP contribution in [0.25, 0.3) is 11.0 Å². The molecule has 3 fully saturated rings. The molecule has 5 rings (SSSR count). The Bertz CT molecular complexity index is 1860. The van der Waals surface area contributed by atoms with Gasteiger partial charge in [-0.2, -0.15) is 5.26 Å². The number of aliphatic hydroxyl groups excluding tert-OH is 4. The Morgan fingerprint density at radius 3 is 2.43 bits per heavy atom. The van der Waals surface area contributed by atoms with Crippen LogP contribution in [0.5, 0.6) is 0 Å². The normalized spacial score (nSPS) is 30.4. The van der Waals surface area contributed by atoms with Gasteiger partial charge in [-0.3, -0.25) is 19.0 Å². The molecule has 5 heterocycles. The van der Waals surface area contributed by atoms with E-state index in [4.69, 9.17) is 28.9 Å². The number of likely N-dealkylation sites (N-methyl/N-ethyl adjacent to an activating group) is 1. The smallest absolute Gasteiger partial charge is 0.327 e. The summed E-state index contributed by atoms with van der Waals surface area (Å²) in [6, 6.07) is 2.04. The molecular formula is C39H59N9O13. The van der Waals surface area contributed by atoms with E-state index in [1.54, 1.807) is 31.0 Å². The Kier molecular flexibility index (Phi) is 16.7. The van der Waals surface area contributed by atoms with E-state index < -0.39 is 91.9 Å². The monoisotopic (exact) mass is 861 g/mol. The van der Waals surface area contributed by atoms with Crippen LogP contribution in [0.4, 0.5) is 10.6 Å². The molecule has 0 spiro atoms. The molecule has 0 aromatic carbocycles. The minimum atomic E-state index is -1.77. The Labute approximate surface area is 353 Å². The van der Waals surface area contributed by atoms with Gasteiger partial charge in [0, 0.05) is 53.5 Å². The van der Waals surface area contributed by atoms with E-state index in [0.717, 1.165) is 6.42 Å². The predicted molar refractivity (Wildman–Crippen MR) is 213 cm³/mol. The van der Waals surface area contributed by atoms with Crippen molar-refractivity contribution in [3.05, 3.63) is 18.6 Å². The molecule has 3 saturated heterocycles. The average Bonchev–Trinajstić information content (AvgIpc) is 3.67. The summed E-state index contributed by atoms with van der Waals surface area (Å²) in [6.07, 6.45) is -9.35. The summed E-state index contributed by atoms with van der Waals surface area (Å²) in [5.74, 6) is -0.579. The van der Waals surface area contributed by atoms with Crippen molar-refractivity contribution in [3.8, 4) is 6.07 Å². The third kappa shape index (κ3) is 11.1. The van der Waals surface area contributed by atoms with Crippen molar-refractivity contribution in [1.82, 2.24) is 35.4 Å². The summed E-state index contributed by atoms with van der Waals surface area (Å²) < 4.78 is 30.0. The standard InChI is InChI=1S/C39H59N9O13/c1-20(2)58-32-29(53)30(54)38(60-31-27(45-22(4)50)37(57-6)59-25(18-49)28(31)52)61-33(32)36(55)41-13-7-8-14-42-39(56)48-16-11-23-34(43-19-44-35(23)48)46(5)24-17-47(15-10-21(24)3)26(51)9-12-40/h11,16,19-21,24-25,27-33,37-38,49,52-54H,7-10,13-15,17-18H2,1-6H3,(H,41,55)(H,42,56)(H,45,50)/t21-,24+,25?,27?,28-,29?,30?,31?,32+,33?,37-,38-/m1/s1. The number of amides is 4. The fraction of sp³-hybridized carbons (Fsp3) is 0.718. The second-order valence-electron chi connectivity index (χ2n) is 15.8. The molecule has 3 aliphatic heterocycles. The van der Waals surface area contributed by atoms with Crippen molar-refractivity contribution in [2.75, 3.05) is 51.8 Å². The van der Waals surface area contributed by atoms with Crippen LogP contribution in [0.15, 0.2) is 18.6 Å². The average molecular weight is 862 g/mol. The number of aromatic nitrogens is 3. The first-order valence-electron chi connectivity index (χ1n) is 20.4. The van der Waals surface area contributed by atoms with Crippen LogP contribution in [0, 0.1) is 17.2 Å². The Morgan fingerprint density at radius 2 is 1.77 bits per heavy atom. The van der Waals surface area contributed by atoms with Crippen LogP contribution >= 0.6 is 0 Å². The number of carbonyl (C=O) groups excluding carboxylic acids is 4. The summed E-state index contributed by atoms with van der Waals surface area (Å²) in [4.78, 5) is 64.0. The van der Waals surface area contributed by atoms with Gasteiger partial charge in [0.2, 0.25) is 11.8 Å². The fourth-order valence-corrected chi connectivity index (χ4v) is 7.94. The third-order valence-corrected chi connectivity index (χ3v) is 11.2. The highest BCUT2D eigenvalue weighted by atomic mass is 16.7. The zero-order chi connectivity index (χ0) is 44.5. The molecular weight excluding hydrogens is 802 g/mol. The van der Waals surface area contributed by atoms with E-state index in [9.17, 15) is 39.6 Å². The molecule has 61 heavy (non-hydrogen) atoms. The minimum Gasteiger partial charge on any atom is -0.394 e. The molecule has 0 bridgehead atoms. The number of nitriles is 1. The fourth-order valence-electron chi connectivity index (χ4n) is 7.94. The number of aliphatic hydroxyl groups is 4. The van der Waals surface area contributed by atoms with Crippen LogP contribution in [0.3, 0.4) is 0 Å². The lowest BCUT2D eigenvalue weighted by atomic mass is 9.92. The lowest BCUT2D eigenvalue weighted by molar-refractivity contribution is -0.341. The summed E-state index contributed by atoms with van der Waals surface area (Å²) in [7, 11) is 3.18. The zero-order valence-corrected chi connectivity index (χ0v) is 35.2. The van der Waals surface area contributed by atoms with Gasteiger partial charge in [0.05, 0.1) is 30.2 Å². The maximum atomic E-state index is 13.6. The SMILES string of the molecule is CO[C@@H]1OC(CO)[C@@H](O)C(O[C@@H]2OC(C(=O)NCCCCNC(=O)n3ccc4c(N(C)[C@H]5CN(C(=O)CC#N)CC[C@H]5C)ncnc43)[C@@H](OC(C)C)C(O)C2O)C1NC(C)=O. The maximum absolute atomic E-state index is 13.6. The van der Waals surface area contributed by atoms with Gasteiger partial charge in [-0.1, -0.05) is 6.92 Å². The van der Waals surface area contributed by atoms with Gasteiger partial charge in [-0.25, -0.2) is 14.8 Å². The van der Waals surface area contributed by atoms with Gasteiger partial charge in [-0.05, 0) is 45.1 Å². The summed E-state index contributed by atoms with van der Waals surface area (Å²) in [5.41, 5.74) is 0.395. The molecule has 0 aliphatic carbocycles. The molecule has 0 saturated carbocycles. The second kappa shape index (κ2) is 21.5. The largest absolute Gasteiger partial charge is 0.394 e. The number of hydrogen-bond donors (Lipinski definition) is 7. The van der Waals surface area contributed by atoms with E-state index in [2.05, 4.69) is 32.8 Å². The molecule has 22 nitrogen and oxygen atoms in total. The number of likely N-dealkylation sites (tertiary alicyclic amines) is 1. The number of methoxy groups -OCH3 is 1. The Balaban J connectivity index is 1.17. The van der Waals surface area contributed by atoms with E-state index in [-0.39, 0.29) is 37.4 Å². The van der Waals surface area contributed by atoms with Crippen LogP contribution in [-0.2, 0) is 38.1 Å². The molecule has 4 amide bonds. The number of piperidine rings is 1. The zero-order valence-electron chi connectivity index (χ0n) is 35.2. The van der Waals surface area contributed by atoms with Gasteiger partial charge in [0.15, 0.2) is 24.3 Å². The van der Waals surface area contributed by atoms with Crippen LogP contribution < -0.4 is 20.9 Å². The van der Waals surface area contributed by atoms with Gasteiger partial charge >= 0.3 is 6.03 Å². The van der Waals surface area contributed by atoms with Crippen LogP contribution in [0.2, 0.25) is 0 Å². The lowest BCUT2D eigenvalue weighted by Crippen LogP contribution is -2.68. The first-order valence-corrected chi connectivity index (χ1v) is 20.4. The molecule has 2 aromatic heterocycles. The highest BCUT2D eigenvalue weighted by molar-refractivity contribution is 5.95. The number of anilines is 1. The molecule has 3 aliphatic rings. The Hall–Kier alpha value is -4.57. The number of unbranched alkanes of at least 4 members (excludes halogenated alkanes) is 1. The molecule has 22 heteroatoms. The van der Waals surface area contributed by atoms with Gasteiger partial charge in [-0.15, -0.1) is 0 Å². The summed E-state index contributed by atoms with van der Waals surface area (Å²) in [6.45, 7) is 7.46. The predicted octanol–water partition coefficient (Wildman–Crippen LogP) is -1.67. The van der Waals surface area contributed by atoms with Crippen molar-refractivity contribution < 1.29 is 63.3 Å². The summed E-state index contributed by atoms with van der Waals surface area (Å²) in [5, 5.41) is 60.9. The third-order valence-electron chi connectivity index (χ3n) is 11.2. The first-order chi connectivity index (χ1) is 29.1. The summed E-state index contributed by atoms with van der Waals surface area (Å²) >= 11 is 0. The number of nitrogens with zero attached hydrogens (tertiary/aromatic N) is 6. The molecule has 12 atom stereocenters. The topological polar surface area (TPSA) is 292 Å². The minimum absolute atomic E-state index is 0.0726. The van der Waals surface area contributed by atoms with E-state index in [1.807, 2.05) is 18.0 Å². The van der Waals surface area contributed by atoms with Crippen molar-refractivity contribution in [2.45, 2.75) is 127 Å². The van der Waals surface area contributed by atoms with E-state index in [0.29, 0.717) is 42.8 Å². The second-order valence-corrected chi connectivity index (χ2v) is 15.8. The number of carbonyl (C=O) groups is 4. The van der Waals surface area contributed by atoms with Crippen molar-refractivity contribution in [1.29, 1.82) is 5.26 Å². The highest BCUT2D eigenvalue weighted by Gasteiger charge is 2.53. The van der Waals surface area contributed by atoms with E-state index in [1.165, 1.54) is 24.9 Å². The molecule has 2 aromatic rings. The molecule has 6 unspecified atom stereocenters. The Morgan fingerprint density at radius 1 is 1.05 bits per heavy atom. The van der Waals surface area contributed by atoms with Crippen molar-refractivity contribution in [3.63, 3.8) is 0 Å². The number of ether oxygens (including phenoxy) is 5. The van der Waals surface area contributed by atoms with Gasteiger partial charge < -0.3 is 69.9 Å². The number of hydrogen-bond acceptors (Lipinski definition) is 17. The molecule has 0 radical (unpaired) electrons. The molecule has 338 valence electrons. The van der Waals surface area contributed by atoms with Crippen molar-refractivity contribution >= 4 is 40.6 Å². The van der Waals surface area contributed by atoms with Crippen LogP contribution in [-0.4, -0.2) is 184 Å².